The molecule has 5 heteroatoms. The van der Waals surface area contributed by atoms with Crippen molar-refractivity contribution in [3.63, 3.8) is 0 Å². The molecule has 1 aliphatic heterocycles. The maximum absolute atomic E-state index is 11.7. The van der Waals surface area contributed by atoms with Crippen LogP contribution in [0.25, 0.3) is 0 Å². The summed E-state index contributed by atoms with van der Waals surface area (Å²) < 4.78 is 0. The smallest absolute Gasteiger partial charge is 0.320 e. The van der Waals surface area contributed by atoms with Crippen molar-refractivity contribution >= 4 is 12.0 Å². The van der Waals surface area contributed by atoms with Crippen molar-refractivity contribution in [2.75, 3.05) is 13.6 Å². The summed E-state index contributed by atoms with van der Waals surface area (Å²) in [5, 5.41) is 8.63. The highest BCUT2D eigenvalue weighted by molar-refractivity contribution is 5.77. The van der Waals surface area contributed by atoms with E-state index in [0.29, 0.717) is 19.0 Å². The molecule has 0 aromatic heterocycles. The van der Waals surface area contributed by atoms with E-state index >= 15 is 0 Å². The molecule has 1 N–H and O–H groups in total. The van der Waals surface area contributed by atoms with E-state index in [9.17, 15) is 9.59 Å². The summed E-state index contributed by atoms with van der Waals surface area (Å²) >= 11 is 0. The highest BCUT2D eigenvalue weighted by Crippen LogP contribution is 2.33. The number of urea groups is 1. The van der Waals surface area contributed by atoms with Gasteiger partial charge in [0.1, 0.15) is 0 Å². The zero-order valence-corrected chi connectivity index (χ0v) is 8.85. The maximum Gasteiger partial charge on any atom is 0.320 e. The number of hydrogen-bond donors (Lipinski definition) is 1. The molecule has 2 rings (SSSR count). The van der Waals surface area contributed by atoms with Crippen LogP contribution in [0.15, 0.2) is 0 Å². The number of aliphatic carboxylic acids is 1. The normalized spacial score (nSPS) is 26.2. The van der Waals surface area contributed by atoms with Gasteiger partial charge >= 0.3 is 12.0 Å². The number of rotatable bonds is 4. The number of likely N-dealkylation sites (N-methyl/N-ethyl adjacent to an activating group) is 1. The molecule has 2 fully saturated rings. The summed E-state index contributed by atoms with van der Waals surface area (Å²) in [4.78, 5) is 25.8. The van der Waals surface area contributed by atoms with Crippen molar-refractivity contribution in [2.24, 2.45) is 0 Å². The molecule has 15 heavy (non-hydrogen) atoms. The van der Waals surface area contributed by atoms with Gasteiger partial charge in [0.05, 0.1) is 6.04 Å². The number of carboxylic acids is 1. The van der Waals surface area contributed by atoms with Gasteiger partial charge in [-0.15, -0.1) is 0 Å². The molecule has 0 aromatic rings. The van der Waals surface area contributed by atoms with E-state index in [4.69, 9.17) is 5.11 Å². The molecule has 5 nitrogen and oxygen atoms in total. The molecule has 84 valence electrons. The number of carbonyl (C=O) groups is 2. The van der Waals surface area contributed by atoms with Crippen molar-refractivity contribution in [3.8, 4) is 0 Å². The van der Waals surface area contributed by atoms with Crippen molar-refractivity contribution in [2.45, 2.75) is 37.8 Å². The standard InChI is InChI=1S/C10H16N2O3/c1-11-6-8(4-5-9(13)14)12(10(11)15)7-2-3-7/h7-8H,2-6H2,1H3,(H,13,14). The molecule has 2 aliphatic rings. The lowest BCUT2D eigenvalue weighted by Crippen LogP contribution is -2.36. The molecule has 1 unspecified atom stereocenters. The Kier molecular flexibility index (Phi) is 2.54. The van der Waals surface area contributed by atoms with Crippen LogP contribution in [0.2, 0.25) is 0 Å². The Morgan fingerprint density at radius 3 is 2.73 bits per heavy atom. The highest BCUT2D eigenvalue weighted by Gasteiger charge is 2.43. The minimum absolute atomic E-state index is 0.0629. The second kappa shape index (κ2) is 3.72. The second-order valence-corrected chi connectivity index (χ2v) is 4.39. The zero-order chi connectivity index (χ0) is 11.0. The van der Waals surface area contributed by atoms with Gasteiger partial charge in [0, 0.05) is 26.1 Å². The summed E-state index contributed by atoms with van der Waals surface area (Å²) in [6.45, 7) is 0.669. The van der Waals surface area contributed by atoms with Gasteiger partial charge in [0.2, 0.25) is 0 Å². The van der Waals surface area contributed by atoms with E-state index in [1.807, 2.05) is 4.90 Å². The number of amides is 2. The van der Waals surface area contributed by atoms with E-state index in [1.54, 1.807) is 11.9 Å². The van der Waals surface area contributed by atoms with Crippen LogP contribution in [0.1, 0.15) is 25.7 Å². The fourth-order valence-electron chi connectivity index (χ4n) is 2.16. The summed E-state index contributed by atoms with van der Waals surface area (Å²) in [7, 11) is 1.78. The average molecular weight is 212 g/mol. The monoisotopic (exact) mass is 212 g/mol. The van der Waals surface area contributed by atoms with Gasteiger partial charge in [-0.1, -0.05) is 0 Å². The largest absolute Gasteiger partial charge is 0.481 e. The molecule has 2 amide bonds. The van der Waals surface area contributed by atoms with Crippen LogP contribution >= 0.6 is 0 Å². The molecule has 0 spiro atoms. The molecule has 1 saturated heterocycles. The first-order chi connectivity index (χ1) is 7.09. The average Bonchev–Trinajstić information content (AvgIpc) is 2.94. The summed E-state index contributed by atoms with van der Waals surface area (Å²) in [6, 6.07) is 0.542. The van der Waals surface area contributed by atoms with Crippen molar-refractivity contribution in [3.05, 3.63) is 0 Å². The predicted octanol–water partition coefficient (Wildman–Crippen LogP) is 0.750. The van der Waals surface area contributed by atoms with Crippen LogP contribution in [-0.4, -0.2) is 52.6 Å². The van der Waals surface area contributed by atoms with Gasteiger partial charge < -0.3 is 14.9 Å². The van der Waals surface area contributed by atoms with Crippen LogP contribution in [0.4, 0.5) is 4.79 Å². The van der Waals surface area contributed by atoms with E-state index < -0.39 is 5.97 Å². The minimum Gasteiger partial charge on any atom is -0.481 e. The Morgan fingerprint density at radius 1 is 1.53 bits per heavy atom. The van der Waals surface area contributed by atoms with E-state index in [1.165, 1.54) is 0 Å². The topological polar surface area (TPSA) is 60.9 Å². The summed E-state index contributed by atoms with van der Waals surface area (Å²) in [5.41, 5.74) is 0. The van der Waals surface area contributed by atoms with E-state index in [-0.39, 0.29) is 18.5 Å². The SMILES string of the molecule is CN1CC(CCC(=O)O)N(C2CC2)C1=O. The molecule has 0 bridgehead atoms. The van der Waals surface area contributed by atoms with Gasteiger partial charge in [-0.05, 0) is 19.3 Å². The van der Waals surface area contributed by atoms with Crippen LogP contribution in [0, 0.1) is 0 Å². The van der Waals surface area contributed by atoms with Crippen molar-refractivity contribution in [1.29, 1.82) is 0 Å². The number of hydrogen-bond acceptors (Lipinski definition) is 2. The fourth-order valence-corrected chi connectivity index (χ4v) is 2.16. The third kappa shape index (κ3) is 2.06. The van der Waals surface area contributed by atoms with E-state index in [2.05, 4.69) is 0 Å². The fraction of sp³-hybridized carbons (Fsp3) is 0.800. The van der Waals surface area contributed by atoms with Crippen LogP contribution in [0.3, 0.4) is 0 Å². The Bertz CT molecular complexity index is 288. The minimum atomic E-state index is -0.784. The third-order valence-corrected chi connectivity index (χ3v) is 3.06. The first kappa shape index (κ1) is 10.3. The van der Waals surface area contributed by atoms with Gasteiger partial charge in [0.15, 0.2) is 0 Å². The number of nitrogens with zero attached hydrogens (tertiary/aromatic N) is 2. The molecule has 1 saturated carbocycles. The first-order valence-corrected chi connectivity index (χ1v) is 5.35. The molecule has 1 atom stereocenters. The Hall–Kier alpha value is -1.26. The second-order valence-electron chi connectivity index (χ2n) is 4.39. The van der Waals surface area contributed by atoms with Gasteiger partial charge in [0.25, 0.3) is 0 Å². The summed E-state index contributed by atoms with van der Waals surface area (Å²) in [5.74, 6) is -0.784. The molecule has 1 aliphatic carbocycles. The molecular weight excluding hydrogens is 196 g/mol. The van der Waals surface area contributed by atoms with Gasteiger partial charge in [-0.25, -0.2) is 4.79 Å². The zero-order valence-electron chi connectivity index (χ0n) is 8.85. The lowest BCUT2D eigenvalue weighted by atomic mass is 10.1. The first-order valence-electron chi connectivity index (χ1n) is 5.35. The number of carbonyl (C=O) groups excluding carboxylic acids is 1. The molecule has 0 radical (unpaired) electrons. The van der Waals surface area contributed by atoms with E-state index in [0.717, 1.165) is 12.8 Å². The van der Waals surface area contributed by atoms with Gasteiger partial charge in [-0.3, -0.25) is 4.79 Å². The Morgan fingerprint density at radius 2 is 2.20 bits per heavy atom. The molecule has 0 aromatic carbocycles. The lowest BCUT2D eigenvalue weighted by molar-refractivity contribution is -0.137. The summed E-state index contributed by atoms with van der Waals surface area (Å²) in [6.07, 6.45) is 2.86. The van der Waals surface area contributed by atoms with Crippen LogP contribution in [-0.2, 0) is 4.79 Å². The number of carboxylic acid groups (broad SMARTS) is 1. The van der Waals surface area contributed by atoms with Gasteiger partial charge in [-0.2, -0.15) is 0 Å². The molecular formula is C10H16N2O3. The van der Waals surface area contributed by atoms with Crippen molar-refractivity contribution < 1.29 is 14.7 Å². The lowest BCUT2D eigenvalue weighted by Gasteiger charge is -2.22. The van der Waals surface area contributed by atoms with Crippen molar-refractivity contribution in [1.82, 2.24) is 9.80 Å². The Labute approximate surface area is 88.6 Å². The maximum atomic E-state index is 11.7. The van der Waals surface area contributed by atoms with Crippen LogP contribution < -0.4 is 0 Å². The highest BCUT2D eigenvalue weighted by atomic mass is 16.4. The third-order valence-electron chi connectivity index (χ3n) is 3.06. The quantitative estimate of drug-likeness (QED) is 0.748. The Balaban J connectivity index is 1.97. The van der Waals surface area contributed by atoms with Crippen LogP contribution in [0.5, 0.6) is 0 Å². The molecule has 1 heterocycles. The predicted molar refractivity (Wildman–Crippen MR) is 53.5 cm³/mol.